The number of pyridine rings is 2. The van der Waals surface area contributed by atoms with Gasteiger partial charge >= 0.3 is 5.97 Å². The van der Waals surface area contributed by atoms with Gasteiger partial charge < -0.3 is 26.2 Å². The van der Waals surface area contributed by atoms with E-state index in [1.165, 1.54) is 0 Å². The summed E-state index contributed by atoms with van der Waals surface area (Å²) >= 11 is 0. The molecule has 2 amide bonds. The van der Waals surface area contributed by atoms with Gasteiger partial charge in [-0.05, 0) is 159 Å². The fourth-order valence-electron chi connectivity index (χ4n) is 8.67. The van der Waals surface area contributed by atoms with Crippen molar-refractivity contribution >= 4 is 29.2 Å². The molecular weight excluding hydrogens is 705 g/mol. The Balaban J connectivity index is 0.968. The number of carboxylic acids is 1. The van der Waals surface area contributed by atoms with Gasteiger partial charge in [-0.3, -0.25) is 29.3 Å². The number of aromatic nitrogens is 2. The number of likely N-dealkylation sites (tertiary alicyclic amines) is 1. The fraction of sp³-hybridized carbons (Fsp3) is 0.444. The zero-order valence-corrected chi connectivity index (χ0v) is 32.3. The number of carbonyl (C=O) groups excluding carboxylic acids is 2. The first-order chi connectivity index (χ1) is 27.1. The molecule has 3 atom stereocenters. The van der Waals surface area contributed by atoms with E-state index in [1.807, 2.05) is 73.5 Å². The Morgan fingerprint density at radius 2 is 1.30 bits per heavy atom. The van der Waals surface area contributed by atoms with Gasteiger partial charge in [-0.1, -0.05) is 30.7 Å². The van der Waals surface area contributed by atoms with Crippen molar-refractivity contribution < 1.29 is 24.6 Å². The van der Waals surface area contributed by atoms with Crippen LogP contribution in [0.2, 0.25) is 0 Å². The number of rotatable bonds is 13. The van der Waals surface area contributed by atoms with Gasteiger partial charge in [0, 0.05) is 42.9 Å². The van der Waals surface area contributed by atoms with Crippen LogP contribution in [0.4, 0.5) is 11.4 Å². The Labute approximate surface area is 328 Å². The second kappa shape index (κ2) is 16.3. The summed E-state index contributed by atoms with van der Waals surface area (Å²) in [7, 11) is 0. The third-order valence-corrected chi connectivity index (χ3v) is 12.3. The second-order valence-electron chi connectivity index (χ2n) is 16.3. The summed E-state index contributed by atoms with van der Waals surface area (Å²) in [5, 5.41) is 29.8. The topological polar surface area (TPSA) is 157 Å². The molecule has 1 aliphatic heterocycles. The molecule has 8 rings (SSSR count). The number of carboxylic acid groups (broad SMARTS) is 1. The Hall–Kier alpha value is -4.97. The predicted molar refractivity (Wildman–Crippen MR) is 216 cm³/mol. The number of nitrogens with zero attached hydrogens (tertiary/aromatic N) is 3. The van der Waals surface area contributed by atoms with Crippen LogP contribution in [0.3, 0.4) is 0 Å². The van der Waals surface area contributed by atoms with E-state index >= 15 is 0 Å². The predicted octanol–water partition coefficient (Wildman–Crippen LogP) is 7.46. The van der Waals surface area contributed by atoms with Crippen molar-refractivity contribution in [2.75, 3.05) is 17.2 Å². The highest BCUT2D eigenvalue weighted by Crippen LogP contribution is 2.43. The number of carbonyl (C=O) groups is 3. The summed E-state index contributed by atoms with van der Waals surface area (Å²) < 4.78 is 0. The molecule has 5 N–H and O–H groups in total. The lowest BCUT2D eigenvalue weighted by molar-refractivity contribution is -0.144. The van der Waals surface area contributed by atoms with Crippen LogP contribution < -0.4 is 16.0 Å². The molecule has 56 heavy (non-hydrogen) atoms. The van der Waals surface area contributed by atoms with Crippen molar-refractivity contribution in [3.8, 4) is 11.1 Å². The highest BCUT2D eigenvalue weighted by Gasteiger charge is 2.33. The molecule has 11 heteroatoms. The van der Waals surface area contributed by atoms with Gasteiger partial charge in [0.1, 0.15) is 17.4 Å². The van der Waals surface area contributed by atoms with E-state index in [-0.39, 0.29) is 24.0 Å². The van der Waals surface area contributed by atoms with Crippen LogP contribution in [0.5, 0.6) is 0 Å². The molecule has 292 valence electrons. The van der Waals surface area contributed by atoms with E-state index in [4.69, 9.17) is 0 Å². The number of hydrogen-bond acceptors (Lipinski definition) is 8. The molecular formula is C45H52N6O5. The summed E-state index contributed by atoms with van der Waals surface area (Å²) in [6, 6.07) is 15.1. The number of amides is 2. The van der Waals surface area contributed by atoms with Crippen molar-refractivity contribution in [1.29, 1.82) is 0 Å². The normalized spacial score (nSPS) is 21.2. The minimum atomic E-state index is -0.780. The molecule has 11 nitrogen and oxygen atoms in total. The van der Waals surface area contributed by atoms with Crippen LogP contribution in [0, 0.1) is 13.8 Å². The average molecular weight is 757 g/mol. The third kappa shape index (κ3) is 8.26. The Bertz CT molecular complexity index is 2150. The minimum absolute atomic E-state index is 0.0998. The second-order valence-corrected chi connectivity index (χ2v) is 16.3. The lowest BCUT2D eigenvalue weighted by atomic mass is 9.94. The summed E-state index contributed by atoms with van der Waals surface area (Å²) in [4.78, 5) is 50.5. The van der Waals surface area contributed by atoms with Gasteiger partial charge in [-0.25, -0.2) is 0 Å². The largest absolute Gasteiger partial charge is 0.480 e. The average Bonchev–Trinajstić information content (AvgIpc) is 4.14. The minimum Gasteiger partial charge on any atom is -0.480 e. The first kappa shape index (κ1) is 37.9. The van der Waals surface area contributed by atoms with Crippen LogP contribution in [0.15, 0.2) is 60.9 Å². The van der Waals surface area contributed by atoms with Gasteiger partial charge in [0.05, 0.1) is 6.10 Å². The molecule has 0 radical (unpaired) electrons. The monoisotopic (exact) mass is 756 g/mol. The molecule has 1 saturated heterocycles. The lowest BCUT2D eigenvalue weighted by Gasteiger charge is -2.33. The highest BCUT2D eigenvalue weighted by atomic mass is 16.4. The van der Waals surface area contributed by atoms with E-state index in [0.717, 1.165) is 109 Å². The third-order valence-electron chi connectivity index (χ3n) is 12.3. The van der Waals surface area contributed by atoms with E-state index in [0.29, 0.717) is 54.1 Å². The smallest absolute Gasteiger partial charge is 0.320 e. The van der Waals surface area contributed by atoms with E-state index in [1.54, 1.807) is 6.20 Å². The van der Waals surface area contributed by atoms with Crippen LogP contribution in [0.1, 0.15) is 130 Å². The SMILES string of the molecule is Cc1c(NC(=O)c2cc(C3CC3)c(CN[C@H]3CCC[C@@H]3O)cn2)cccc1-c1cccc(NC(=O)c2cc(C3CC3)c(CN3CCCC[C@H]3C(=O)O)cn2)c1C. The molecule has 4 aromatic rings. The molecule has 3 saturated carbocycles. The number of hydrogen-bond donors (Lipinski definition) is 5. The van der Waals surface area contributed by atoms with Gasteiger partial charge in [-0.15, -0.1) is 0 Å². The number of aliphatic carboxylic acids is 1. The maximum Gasteiger partial charge on any atom is 0.320 e. The number of aliphatic hydroxyl groups excluding tert-OH is 1. The molecule has 0 unspecified atom stereocenters. The summed E-state index contributed by atoms with van der Waals surface area (Å²) in [6.45, 7) is 5.85. The van der Waals surface area contributed by atoms with Crippen molar-refractivity contribution in [3.63, 3.8) is 0 Å². The Kier molecular flexibility index (Phi) is 11.0. The zero-order chi connectivity index (χ0) is 38.9. The van der Waals surface area contributed by atoms with Crippen LogP contribution >= 0.6 is 0 Å². The quantitative estimate of drug-likeness (QED) is 0.0935. The fourth-order valence-corrected chi connectivity index (χ4v) is 8.67. The van der Waals surface area contributed by atoms with Crippen molar-refractivity contribution in [2.45, 2.75) is 121 Å². The highest BCUT2D eigenvalue weighted by molar-refractivity contribution is 6.05. The maximum atomic E-state index is 13.7. The molecule has 4 aliphatic rings. The van der Waals surface area contributed by atoms with Gasteiger partial charge in [0.15, 0.2) is 0 Å². The van der Waals surface area contributed by atoms with Gasteiger partial charge in [0.25, 0.3) is 11.8 Å². The molecule has 4 fully saturated rings. The van der Waals surface area contributed by atoms with Crippen molar-refractivity contribution in [2.24, 2.45) is 0 Å². The van der Waals surface area contributed by atoms with Crippen LogP contribution in [-0.2, 0) is 17.9 Å². The maximum absolute atomic E-state index is 13.7. The Morgan fingerprint density at radius 1 is 0.732 bits per heavy atom. The van der Waals surface area contributed by atoms with Crippen LogP contribution in [-0.4, -0.2) is 67.6 Å². The number of anilines is 2. The first-order valence-electron chi connectivity index (χ1n) is 20.3. The standard InChI is InChI=1S/C45H52N6O5/c1-26-32(8-5-10-36(26)49-43(53)39-20-34(28-15-16-28)30(23-47-39)22-46-38-12-7-14-42(38)52)33-9-6-11-37(27(33)2)50-44(54)40-21-35(29-17-18-29)31(24-48-40)25-51-19-4-3-13-41(51)45(55)56/h5-6,8-11,20-21,23-24,28-29,38,41-42,46,52H,3-4,7,12-19,22,25H2,1-2H3,(H,49,53)(H,50,54)(H,55,56)/t38-,41-,42-/m0/s1. The number of nitrogens with one attached hydrogen (secondary N) is 3. The number of benzene rings is 2. The van der Waals surface area contributed by atoms with E-state index in [2.05, 4.69) is 25.9 Å². The van der Waals surface area contributed by atoms with Gasteiger partial charge in [-0.2, -0.15) is 0 Å². The number of piperidine rings is 1. The van der Waals surface area contributed by atoms with Gasteiger partial charge in [0.2, 0.25) is 0 Å². The number of aliphatic hydroxyl groups is 1. The molecule has 3 heterocycles. The van der Waals surface area contributed by atoms with E-state index < -0.39 is 12.0 Å². The molecule has 2 aromatic carbocycles. The first-order valence-corrected chi connectivity index (χ1v) is 20.3. The molecule has 3 aliphatic carbocycles. The van der Waals surface area contributed by atoms with Crippen molar-refractivity contribution in [1.82, 2.24) is 20.2 Å². The molecule has 0 bridgehead atoms. The lowest BCUT2D eigenvalue weighted by Crippen LogP contribution is -2.44. The molecule has 0 spiro atoms. The summed E-state index contributed by atoms with van der Waals surface area (Å²) in [5.41, 5.74) is 10.1. The summed E-state index contributed by atoms with van der Waals surface area (Å²) in [6.07, 6.45) is 13.0. The van der Waals surface area contributed by atoms with Crippen molar-refractivity contribution in [3.05, 3.63) is 106 Å². The Morgan fingerprint density at radius 3 is 1.84 bits per heavy atom. The summed E-state index contributed by atoms with van der Waals surface area (Å²) in [5.74, 6) is -0.545. The molecule has 2 aromatic heterocycles. The van der Waals surface area contributed by atoms with E-state index in [9.17, 15) is 24.6 Å². The van der Waals surface area contributed by atoms with Crippen LogP contribution in [0.25, 0.3) is 11.1 Å². The zero-order valence-electron chi connectivity index (χ0n) is 32.3.